The second-order valence-corrected chi connectivity index (χ2v) is 6.51. The molecule has 2 aromatic carbocycles. The third-order valence-electron chi connectivity index (χ3n) is 3.24. The van der Waals surface area contributed by atoms with Crippen LogP contribution in [0.4, 0.5) is 0 Å². The van der Waals surface area contributed by atoms with E-state index in [1.165, 1.54) is 5.56 Å². The molecule has 0 N–H and O–H groups in total. The molecule has 3 rings (SSSR count). The lowest BCUT2D eigenvalue weighted by Gasteiger charge is -2.12. The summed E-state index contributed by atoms with van der Waals surface area (Å²) in [5.41, 5.74) is 3.34. The molecule has 4 heteroatoms. The predicted octanol–water partition coefficient (Wildman–Crippen LogP) is 5.21. The Hall–Kier alpha value is -0.450. The van der Waals surface area contributed by atoms with Gasteiger partial charge in [0.1, 0.15) is 5.75 Å². The van der Waals surface area contributed by atoms with Gasteiger partial charge in [-0.25, -0.2) is 0 Å². The fraction of sp³-hybridized carbons (Fsp3) is 0.200. The molecule has 1 aliphatic heterocycles. The number of benzene rings is 2. The van der Waals surface area contributed by atoms with E-state index in [0.29, 0.717) is 0 Å². The Morgan fingerprint density at radius 1 is 1.11 bits per heavy atom. The molecule has 0 bridgehead atoms. The van der Waals surface area contributed by atoms with Gasteiger partial charge in [0.15, 0.2) is 0 Å². The van der Waals surface area contributed by atoms with E-state index in [1.54, 1.807) is 0 Å². The van der Waals surface area contributed by atoms with Crippen molar-refractivity contribution in [1.82, 2.24) is 0 Å². The molecule has 2 aromatic rings. The summed E-state index contributed by atoms with van der Waals surface area (Å²) in [7, 11) is 0. The van der Waals surface area contributed by atoms with Crippen molar-refractivity contribution in [3.63, 3.8) is 0 Å². The summed E-state index contributed by atoms with van der Waals surface area (Å²) < 4.78 is 6.54. The first-order chi connectivity index (χ1) is 9.15. The van der Waals surface area contributed by atoms with Gasteiger partial charge in [-0.1, -0.05) is 29.8 Å². The van der Waals surface area contributed by atoms with Crippen LogP contribution >= 0.6 is 45.8 Å². The molecule has 0 saturated carbocycles. The molecule has 0 saturated heterocycles. The zero-order valence-electron chi connectivity index (χ0n) is 10.00. The first kappa shape index (κ1) is 13.5. The molecule has 19 heavy (non-hydrogen) atoms. The van der Waals surface area contributed by atoms with E-state index in [2.05, 4.69) is 28.7 Å². The standard InChI is InChI=1S/C15H11Cl2IO/c16-12-8-11(1-3-13(12)18)15(17)10-2-4-14-9(7-10)5-6-19-14/h1-4,7-8,15H,5-6H2. The number of hydrogen-bond donors (Lipinski definition) is 0. The van der Waals surface area contributed by atoms with Crippen LogP contribution in [0.5, 0.6) is 5.75 Å². The number of hydrogen-bond acceptors (Lipinski definition) is 1. The molecule has 1 heterocycles. The van der Waals surface area contributed by atoms with Crippen LogP contribution in [-0.4, -0.2) is 6.61 Å². The first-order valence-electron chi connectivity index (χ1n) is 6.00. The van der Waals surface area contributed by atoms with Crippen molar-refractivity contribution in [2.45, 2.75) is 11.8 Å². The van der Waals surface area contributed by atoms with Crippen LogP contribution in [0.3, 0.4) is 0 Å². The van der Waals surface area contributed by atoms with Gasteiger partial charge in [0.05, 0.1) is 17.0 Å². The van der Waals surface area contributed by atoms with Gasteiger partial charge in [0.2, 0.25) is 0 Å². The van der Waals surface area contributed by atoms with E-state index in [1.807, 2.05) is 30.3 Å². The predicted molar refractivity (Wildman–Crippen MR) is 87.5 cm³/mol. The van der Waals surface area contributed by atoms with Gasteiger partial charge in [-0.15, -0.1) is 11.6 Å². The lowest BCUT2D eigenvalue weighted by atomic mass is 10.0. The average molecular weight is 405 g/mol. The Labute approximate surface area is 136 Å². The van der Waals surface area contributed by atoms with Crippen molar-refractivity contribution >= 4 is 45.8 Å². The topological polar surface area (TPSA) is 9.23 Å². The molecular weight excluding hydrogens is 394 g/mol. The van der Waals surface area contributed by atoms with Crippen molar-refractivity contribution in [2.75, 3.05) is 6.61 Å². The smallest absolute Gasteiger partial charge is 0.122 e. The summed E-state index contributed by atoms with van der Waals surface area (Å²) in [5.74, 6) is 0.980. The van der Waals surface area contributed by atoms with Crippen molar-refractivity contribution in [3.8, 4) is 5.75 Å². The van der Waals surface area contributed by atoms with Gasteiger partial charge in [-0.05, 0) is 57.5 Å². The van der Waals surface area contributed by atoms with Gasteiger partial charge < -0.3 is 4.74 Å². The number of alkyl halides is 1. The average Bonchev–Trinajstić information content (AvgIpc) is 2.88. The minimum absolute atomic E-state index is 0.180. The highest BCUT2D eigenvalue weighted by atomic mass is 127. The number of ether oxygens (including phenoxy) is 1. The fourth-order valence-electron chi connectivity index (χ4n) is 2.23. The highest BCUT2D eigenvalue weighted by molar-refractivity contribution is 14.1. The lowest BCUT2D eigenvalue weighted by molar-refractivity contribution is 0.357. The molecule has 0 aliphatic carbocycles. The molecule has 98 valence electrons. The SMILES string of the molecule is Clc1cc(C(Cl)c2ccc3c(c2)CCO3)ccc1I. The normalized spacial score (nSPS) is 14.9. The van der Waals surface area contributed by atoms with Crippen molar-refractivity contribution in [3.05, 3.63) is 61.7 Å². The molecule has 0 radical (unpaired) electrons. The third kappa shape index (κ3) is 2.71. The molecule has 1 nitrogen and oxygen atoms in total. The highest BCUT2D eigenvalue weighted by Crippen LogP contribution is 2.35. The second-order valence-electron chi connectivity index (χ2n) is 4.50. The van der Waals surface area contributed by atoms with E-state index < -0.39 is 0 Å². The van der Waals surface area contributed by atoms with E-state index >= 15 is 0 Å². The Morgan fingerprint density at radius 2 is 1.84 bits per heavy atom. The maximum absolute atomic E-state index is 6.56. The number of halogens is 3. The zero-order valence-corrected chi connectivity index (χ0v) is 13.7. The van der Waals surface area contributed by atoms with Crippen LogP contribution in [0.25, 0.3) is 0 Å². The summed E-state index contributed by atoms with van der Waals surface area (Å²) >= 11 is 14.9. The molecule has 0 amide bonds. The molecular formula is C15H11Cl2IO. The Morgan fingerprint density at radius 3 is 2.63 bits per heavy atom. The van der Waals surface area contributed by atoms with Gasteiger partial charge in [-0.3, -0.25) is 0 Å². The van der Waals surface area contributed by atoms with Crippen LogP contribution in [0.2, 0.25) is 5.02 Å². The Kier molecular flexibility index (Phi) is 3.92. The summed E-state index contributed by atoms with van der Waals surface area (Å²) in [6.45, 7) is 0.765. The van der Waals surface area contributed by atoms with E-state index in [0.717, 1.165) is 38.5 Å². The largest absolute Gasteiger partial charge is 0.493 e. The Bertz CT molecular complexity index is 628. The van der Waals surface area contributed by atoms with Crippen molar-refractivity contribution in [2.24, 2.45) is 0 Å². The van der Waals surface area contributed by atoms with Crippen LogP contribution in [0.15, 0.2) is 36.4 Å². The number of rotatable bonds is 2. The number of fused-ring (bicyclic) bond motifs is 1. The van der Waals surface area contributed by atoms with E-state index in [4.69, 9.17) is 27.9 Å². The van der Waals surface area contributed by atoms with Crippen LogP contribution in [0, 0.1) is 3.57 Å². The highest BCUT2D eigenvalue weighted by Gasteiger charge is 2.17. The molecule has 1 aliphatic rings. The van der Waals surface area contributed by atoms with Crippen LogP contribution in [-0.2, 0) is 6.42 Å². The maximum Gasteiger partial charge on any atom is 0.122 e. The van der Waals surface area contributed by atoms with Gasteiger partial charge in [-0.2, -0.15) is 0 Å². The minimum Gasteiger partial charge on any atom is -0.493 e. The van der Waals surface area contributed by atoms with E-state index in [9.17, 15) is 0 Å². The molecule has 0 aromatic heterocycles. The lowest BCUT2D eigenvalue weighted by Crippen LogP contribution is -1.95. The van der Waals surface area contributed by atoms with Crippen LogP contribution in [0.1, 0.15) is 22.1 Å². The second kappa shape index (κ2) is 5.51. The Balaban J connectivity index is 1.94. The summed E-state index contributed by atoms with van der Waals surface area (Å²) in [5, 5.41) is 0.564. The van der Waals surface area contributed by atoms with Crippen molar-refractivity contribution < 1.29 is 4.74 Å². The molecule has 0 spiro atoms. The molecule has 1 unspecified atom stereocenters. The summed E-state index contributed by atoms with van der Waals surface area (Å²) in [6.07, 6.45) is 0.959. The van der Waals surface area contributed by atoms with Crippen LogP contribution < -0.4 is 4.74 Å². The first-order valence-corrected chi connectivity index (χ1v) is 7.89. The molecule has 1 atom stereocenters. The van der Waals surface area contributed by atoms with Gasteiger partial charge in [0, 0.05) is 9.99 Å². The van der Waals surface area contributed by atoms with Gasteiger partial charge >= 0.3 is 0 Å². The quantitative estimate of drug-likeness (QED) is 0.493. The zero-order chi connectivity index (χ0) is 13.4. The summed E-state index contributed by atoms with van der Waals surface area (Å²) in [4.78, 5) is 0. The third-order valence-corrected chi connectivity index (χ3v) is 5.32. The minimum atomic E-state index is -0.180. The van der Waals surface area contributed by atoms with Crippen molar-refractivity contribution in [1.29, 1.82) is 0 Å². The summed E-state index contributed by atoms with van der Waals surface area (Å²) in [6, 6.07) is 12.1. The fourth-order valence-corrected chi connectivity index (χ4v) is 3.02. The van der Waals surface area contributed by atoms with E-state index in [-0.39, 0.29) is 5.38 Å². The monoisotopic (exact) mass is 404 g/mol. The maximum atomic E-state index is 6.56. The van der Waals surface area contributed by atoms with Gasteiger partial charge in [0.25, 0.3) is 0 Å². The molecule has 0 fully saturated rings.